The molecule has 1 atom stereocenters. The molecule has 138 valence electrons. The molecule has 1 heterocycles. The van der Waals surface area contributed by atoms with Gasteiger partial charge in [0.25, 0.3) is 0 Å². The quantitative estimate of drug-likeness (QED) is 0.748. The molecule has 1 N–H and O–H groups in total. The first kappa shape index (κ1) is 21.6. The van der Waals surface area contributed by atoms with Gasteiger partial charge in [0.15, 0.2) is 0 Å². The van der Waals surface area contributed by atoms with Gasteiger partial charge in [-0.3, -0.25) is 4.98 Å². The molecule has 0 saturated heterocycles. The van der Waals surface area contributed by atoms with Gasteiger partial charge in [0.05, 0.1) is 22.9 Å². The molecule has 2 aromatic rings. The predicted octanol–water partition coefficient (Wildman–Crippen LogP) is 5.35. The molecular formula is C20H28ClFN2O. The zero-order valence-electron chi connectivity index (χ0n) is 15.9. The molecule has 0 saturated carbocycles. The van der Waals surface area contributed by atoms with Gasteiger partial charge in [-0.1, -0.05) is 32.4 Å². The molecule has 0 aliphatic carbocycles. The molecule has 1 unspecified atom stereocenters. The summed E-state index contributed by atoms with van der Waals surface area (Å²) in [5.41, 5.74) is 3.19. The first-order valence-electron chi connectivity index (χ1n) is 8.58. The summed E-state index contributed by atoms with van der Waals surface area (Å²) in [7, 11) is 1.68. The molecule has 1 aromatic heterocycles. The zero-order valence-corrected chi connectivity index (χ0v) is 16.7. The number of rotatable bonds is 6. The minimum absolute atomic E-state index is 0.0960. The maximum absolute atomic E-state index is 13.4. The fourth-order valence-corrected chi connectivity index (χ4v) is 2.89. The van der Waals surface area contributed by atoms with E-state index in [1.807, 2.05) is 32.9 Å². The highest BCUT2D eigenvalue weighted by molar-refractivity contribution is 6.31. The fourth-order valence-electron chi connectivity index (χ4n) is 2.71. The number of aryl methyl sites for hydroxylation is 1. The Balaban J connectivity index is 0.00000151. The Morgan fingerprint density at radius 2 is 1.92 bits per heavy atom. The van der Waals surface area contributed by atoms with Crippen molar-refractivity contribution in [3.63, 3.8) is 0 Å². The normalized spacial score (nSPS) is 13.0. The standard InChI is InChI=1S/C18H22ClFN2O.C2H6/c1-5-21-18(3,11-23-4)14-8-12(2)22-17(10-14)13-6-7-16(20)15(19)9-13;1-2/h6-10,21H,5,11H2,1-4H3;1-2H3. The van der Waals surface area contributed by atoms with E-state index in [1.165, 1.54) is 6.07 Å². The molecule has 25 heavy (non-hydrogen) atoms. The Labute approximate surface area is 155 Å². The van der Waals surface area contributed by atoms with Crippen molar-refractivity contribution in [1.82, 2.24) is 10.3 Å². The van der Waals surface area contributed by atoms with Gasteiger partial charge in [-0.25, -0.2) is 4.39 Å². The maximum atomic E-state index is 13.4. The third kappa shape index (κ3) is 5.50. The number of pyridine rings is 1. The van der Waals surface area contributed by atoms with Crippen LogP contribution < -0.4 is 5.32 Å². The van der Waals surface area contributed by atoms with Crippen molar-refractivity contribution in [3.05, 3.63) is 52.4 Å². The molecule has 3 nitrogen and oxygen atoms in total. The van der Waals surface area contributed by atoms with E-state index in [2.05, 4.69) is 24.1 Å². The van der Waals surface area contributed by atoms with E-state index in [0.717, 1.165) is 29.1 Å². The molecular weight excluding hydrogens is 339 g/mol. The monoisotopic (exact) mass is 366 g/mol. The molecule has 0 aliphatic heterocycles. The Kier molecular flexibility index (Phi) is 8.50. The second-order valence-corrected chi connectivity index (χ2v) is 6.21. The number of halogens is 2. The van der Waals surface area contributed by atoms with Crippen LogP contribution in [0.3, 0.4) is 0 Å². The summed E-state index contributed by atoms with van der Waals surface area (Å²) in [4.78, 5) is 4.56. The van der Waals surface area contributed by atoms with E-state index in [-0.39, 0.29) is 10.6 Å². The number of hydrogen-bond acceptors (Lipinski definition) is 3. The number of aromatic nitrogens is 1. The third-order valence-electron chi connectivity index (χ3n) is 3.81. The van der Waals surface area contributed by atoms with Gasteiger partial charge in [-0.15, -0.1) is 0 Å². The summed E-state index contributed by atoms with van der Waals surface area (Å²) in [6, 6.07) is 8.69. The lowest BCUT2D eigenvalue weighted by Gasteiger charge is -2.31. The van der Waals surface area contributed by atoms with Crippen molar-refractivity contribution < 1.29 is 9.13 Å². The van der Waals surface area contributed by atoms with E-state index in [0.29, 0.717) is 6.61 Å². The first-order valence-corrected chi connectivity index (χ1v) is 8.96. The number of ether oxygens (including phenoxy) is 1. The third-order valence-corrected chi connectivity index (χ3v) is 4.10. The molecule has 2 rings (SSSR count). The number of likely N-dealkylation sites (N-methyl/N-ethyl adjacent to an activating group) is 1. The van der Waals surface area contributed by atoms with Gasteiger partial charge >= 0.3 is 0 Å². The predicted molar refractivity (Wildman–Crippen MR) is 104 cm³/mol. The second-order valence-electron chi connectivity index (χ2n) is 5.81. The fraction of sp³-hybridized carbons (Fsp3) is 0.450. The van der Waals surface area contributed by atoms with Crippen LogP contribution in [0.25, 0.3) is 11.3 Å². The number of hydrogen-bond donors (Lipinski definition) is 1. The molecule has 0 amide bonds. The summed E-state index contributed by atoms with van der Waals surface area (Å²) in [5.74, 6) is -0.430. The molecule has 1 aromatic carbocycles. The van der Waals surface area contributed by atoms with Gasteiger partial charge in [-0.05, 0) is 56.3 Å². The highest BCUT2D eigenvalue weighted by Crippen LogP contribution is 2.28. The summed E-state index contributed by atoms with van der Waals surface area (Å²) in [6.07, 6.45) is 0. The average molecular weight is 367 g/mol. The first-order chi connectivity index (χ1) is 11.9. The molecule has 5 heteroatoms. The smallest absolute Gasteiger partial charge is 0.141 e. The number of nitrogens with one attached hydrogen (secondary N) is 1. The lowest BCUT2D eigenvalue weighted by Crippen LogP contribution is -2.43. The van der Waals surface area contributed by atoms with Gasteiger partial charge in [0.1, 0.15) is 5.82 Å². The maximum Gasteiger partial charge on any atom is 0.141 e. The topological polar surface area (TPSA) is 34.1 Å². The Morgan fingerprint density at radius 1 is 1.24 bits per heavy atom. The highest BCUT2D eigenvalue weighted by atomic mass is 35.5. The minimum Gasteiger partial charge on any atom is -0.382 e. The van der Waals surface area contributed by atoms with E-state index in [4.69, 9.17) is 16.3 Å². The van der Waals surface area contributed by atoms with E-state index in [1.54, 1.807) is 19.2 Å². The molecule has 0 aliphatic rings. The van der Waals surface area contributed by atoms with Crippen LogP contribution in [0.4, 0.5) is 4.39 Å². The van der Waals surface area contributed by atoms with Crippen molar-refractivity contribution in [2.75, 3.05) is 20.3 Å². The largest absolute Gasteiger partial charge is 0.382 e. The van der Waals surface area contributed by atoms with Crippen LogP contribution in [0.2, 0.25) is 5.02 Å². The van der Waals surface area contributed by atoms with Crippen LogP contribution in [0.15, 0.2) is 30.3 Å². The molecule has 0 radical (unpaired) electrons. The van der Waals surface area contributed by atoms with E-state index >= 15 is 0 Å². The highest BCUT2D eigenvalue weighted by Gasteiger charge is 2.26. The van der Waals surface area contributed by atoms with Crippen LogP contribution >= 0.6 is 11.6 Å². The number of nitrogens with zero attached hydrogens (tertiary/aromatic N) is 1. The van der Waals surface area contributed by atoms with Crippen LogP contribution in [0, 0.1) is 12.7 Å². The zero-order chi connectivity index (χ0) is 19.0. The van der Waals surface area contributed by atoms with Crippen LogP contribution in [-0.4, -0.2) is 25.2 Å². The van der Waals surface area contributed by atoms with Gasteiger partial charge < -0.3 is 10.1 Å². The minimum atomic E-state index is -0.430. The summed E-state index contributed by atoms with van der Waals surface area (Å²) < 4.78 is 18.8. The van der Waals surface area contributed by atoms with Crippen molar-refractivity contribution in [1.29, 1.82) is 0 Å². The van der Waals surface area contributed by atoms with Crippen LogP contribution in [0.5, 0.6) is 0 Å². The summed E-state index contributed by atoms with van der Waals surface area (Å²) in [6.45, 7) is 11.4. The van der Waals surface area contributed by atoms with Crippen molar-refractivity contribution in [2.24, 2.45) is 0 Å². The Hall–Kier alpha value is -1.49. The van der Waals surface area contributed by atoms with Crippen LogP contribution in [-0.2, 0) is 10.3 Å². The molecule has 0 spiro atoms. The Morgan fingerprint density at radius 3 is 2.48 bits per heavy atom. The van der Waals surface area contributed by atoms with Gasteiger partial charge in [0.2, 0.25) is 0 Å². The lowest BCUT2D eigenvalue weighted by molar-refractivity contribution is 0.119. The second kappa shape index (κ2) is 9.85. The van der Waals surface area contributed by atoms with Gasteiger partial charge in [-0.2, -0.15) is 0 Å². The molecule has 0 fully saturated rings. The van der Waals surface area contributed by atoms with Crippen molar-refractivity contribution in [3.8, 4) is 11.3 Å². The van der Waals surface area contributed by atoms with E-state index < -0.39 is 5.82 Å². The molecule has 0 bridgehead atoms. The SMILES string of the molecule is CC.CCNC(C)(COC)c1cc(C)nc(-c2ccc(F)c(Cl)c2)c1. The summed E-state index contributed by atoms with van der Waals surface area (Å²) >= 11 is 5.90. The lowest BCUT2D eigenvalue weighted by atomic mass is 9.91. The number of benzene rings is 1. The van der Waals surface area contributed by atoms with Crippen molar-refractivity contribution >= 4 is 11.6 Å². The Bertz CT molecular complexity index is 685. The number of methoxy groups -OCH3 is 1. The van der Waals surface area contributed by atoms with Crippen LogP contribution in [0.1, 0.15) is 39.0 Å². The summed E-state index contributed by atoms with van der Waals surface area (Å²) in [5, 5.41) is 3.56. The van der Waals surface area contributed by atoms with E-state index in [9.17, 15) is 4.39 Å². The van der Waals surface area contributed by atoms with Crippen molar-refractivity contribution in [2.45, 2.75) is 40.2 Å². The van der Waals surface area contributed by atoms with Gasteiger partial charge in [0, 0.05) is 18.4 Å². The average Bonchev–Trinajstić information content (AvgIpc) is 2.59.